The van der Waals surface area contributed by atoms with Gasteiger partial charge in [-0.15, -0.1) is 0 Å². The van der Waals surface area contributed by atoms with Gasteiger partial charge in [-0.1, -0.05) is 95.8 Å². The van der Waals surface area contributed by atoms with Crippen molar-refractivity contribution >= 4 is 20.9 Å². The lowest BCUT2D eigenvalue weighted by atomic mass is 9.98. The van der Waals surface area contributed by atoms with Crippen molar-refractivity contribution in [3.8, 4) is 5.75 Å². The van der Waals surface area contributed by atoms with Crippen LogP contribution in [0.4, 0.5) is 0 Å². The first-order valence-corrected chi connectivity index (χ1v) is 13.0. The summed E-state index contributed by atoms with van der Waals surface area (Å²) < 4.78 is 38.5. The van der Waals surface area contributed by atoms with E-state index in [1.54, 1.807) is 19.2 Å². The van der Waals surface area contributed by atoms with Gasteiger partial charge in [0.15, 0.2) is 0 Å². The van der Waals surface area contributed by atoms with E-state index in [1.807, 2.05) is 12.1 Å². The van der Waals surface area contributed by atoms with Crippen LogP contribution in [0.25, 0.3) is 10.8 Å². The number of unbranched alkanes of at least 4 members (excludes halogenated alkanes) is 11. The molecule has 168 valence electrons. The molecule has 0 amide bonds. The highest BCUT2D eigenvalue weighted by molar-refractivity contribution is 7.86. The minimum atomic E-state index is -4.27. The van der Waals surface area contributed by atoms with Crippen LogP contribution in [0.1, 0.15) is 89.5 Å². The molecule has 0 heterocycles. The summed E-state index contributed by atoms with van der Waals surface area (Å²) in [6.45, 7) is 2.26. The fourth-order valence-electron chi connectivity index (χ4n) is 4.18. The second-order valence-electron chi connectivity index (χ2n) is 8.22. The van der Waals surface area contributed by atoms with Gasteiger partial charge in [-0.3, -0.25) is 4.55 Å². The molecule has 0 aliphatic heterocycles. The zero-order valence-corrected chi connectivity index (χ0v) is 19.5. The molecule has 0 atom stereocenters. The quantitative estimate of drug-likeness (QED) is 0.235. The minimum Gasteiger partial charge on any atom is -0.496 e. The maximum absolute atomic E-state index is 11.7. The van der Waals surface area contributed by atoms with Crippen molar-refractivity contribution in [2.24, 2.45) is 0 Å². The highest BCUT2D eigenvalue weighted by Gasteiger charge is 2.18. The zero-order valence-electron chi connectivity index (χ0n) is 18.7. The lowest BCUT2D eigenvalue weighted by Gasteiger charge is -2.13. The first-order valence-electron chi connectivity index (χ1n) is 11.5. The van der Waals surface area contributed by atoms with E-state index in [9.17, 15) is 13.0 Å². The topological polar surface area (TPSA) is 63.6 Å². The molecule has 0 aromatic heterocycles. The monoisotopic (exact) mass is 434 g/mol. The number of fused-ring (bicyclic) bond motifs is 1. The Morgan fingerprint density at radius 1 is 0.800 bits per heavy atom. The van der Waals surface area contributed by atoms with Crippen molar-refractivity contribution in [3.63, 3.8) is 0 Å². The Morgan fingerprint density at radius 2 is 1.37 bits per heavy atom. The lowest BCUT2D eigenvalue weighted by molar-refractivity contribution is 0.419. The summed E-state index contributed by atoms with van der Waals surface area (Å²) in [4.78, 5) is -0.0603. The first kappa shape index (κ1) is 24.7. The van der Waals surface area contributed by atoms with Crippen molar-refractivity contribution < 1.29 is 17.7 Å². The standard InChI is InChI=1S/C25H38O4S/c1-3-4-5-6-7-8-9-10-11-12-13-14-16-21-17-15-18-22-24(30(26,27)28)20-19-23(29-2)25(21)22/h15,17-20H,3-14,16H2,1-2H3,(H,26,27,28). The molecule has 2 aromatic carbocycles. The third-order valence-electron chi connectivity index (χ3n) is 5.85. The number of hydrogen-bond donors (Lipinski definition) is 1. The molecule has 2 rings (SSSR count). The van der Waals surface area contributed by atoms with E-state index in [4.69, 9.17) is 4.74 Å². The number of methoxy groups -OCH3 is 1. The van der Waals surface area contributed by atoms with Gasteiger partial charge in [0.25, 0.3) is 10.1 Å². The predicted molar refractivity (Wildman–Crippen MR) is 125 cm³/mol. The van der Waals surface area contributed by atoms with Crippen molar-refractivity contribution in [1.82, 2.24) is 0 Å². The van der Waals surface area contributed by atoms with Crippen LogP contribution in [0.5, 0.6) is 5.75 Å². The summed E-state index contributed by atoms with van der Waals surface area (Å²) in [6.07, 6.45) is 16.6. The van der Waals surface area contributed by atoms with Crippen LogP contribution in [-0.4, -0.2) is 20.1 Å². The maximum Gasteiger partial charge on any atom is 0.295 e. The summed E-state index contributed by atoms with van der Waals surface area (Å²) in [5, 5.41) is 1.31. The largest absolute Gasteiger partial charge is 0.496 e. The van der Waals surface area contributed by atoms with Gasteiger partial charge in [-0.25, -0.2) is 0 Å². The van der Waals surface area contributed by atoms with Gasteiger partial charge in [0, 0.05) is 10.8 Å². The van der Waals surface area contributed by atoms with Crippen molar-refractivity contribution in [1.29, 1.82) is 0 Å². The van der Waals surface area contributed by atoms with Gasteiger partial charge in [0.1, 0.15) is 10.6 Å². The van der Waals surface area contributed by atoms with Gasteiger partial charge < -0.3 is 4.74 Å². The number of aryl methyl sites for hydroxylation is 1. The number of ether oxygens (including phenoxy) is 1. The molecule has 0 fully saturated rings. The molecule has 5 heteroatoms. The Morgan fingerprint density at radius 3 is 1.90 bits per heavy atom. The lowest BCUT2D eigenvalue weighted by Crippen LogP contribution is -2.01. The predicted octanol–water partition coefficient (Wildman–Crippen LogP) is 7.34. The third kappa shape index (κ3) is 7.59. The van der Waals surface area contributed by atoms with Crippen molar-refractivity contribution in [2.75, 3.05) is 7.11 Å². The van der Waals surface area contributed by atoms with E-state index < -0.39 is 10.1 Å². The molecule has 0 radical (unpaired) electrons. The minimum absolute atomic E-state index is 0.0603. The second-order valence-corrected chi connectivity index (χ2v) is 9.61. The average Bonchev–Trinajstić information content (AvgIpc) is 2.73. The van der Waals surface area contributed by atoms with E-state index >= 15 is 0 Å². The molecular weight excluding hydrogens is 396 g/mol. The van der Waals surface area contributed by atoms with E-state index in [0.29, 0.717) is 11.1 Å². The van der Waals surface area contributed by atoms with Crippen molar-refractivity contribution in [3.05, 3.63) is 35.9 Å². The Labute approximate surface area is 182 Å². The van der Waals surface area contributed by atoms with Crippen LogP contribution in [0.15, 0.2) is 35.2 Å². The molecule has 0 spiro atoms. The number of hydrogen-bond acceptors (Lipinski definition) is 3. The summed E-state index contributed by atoms with van der Waals surface area (Å²) in [6, 6.07) is 8.64. The fourth-order valence-corrected chi connectivity index (χ4v) is 4.87. The molecule has 0 saturated heterocycles. The average molecular weight is 435 g/mol. The molecule has 0 saturated carbocycles. The number of benzene rings is 2. The van der Waals surface area contributed by atoms with Crippen LogP contribution in [0.3, 0.4) is 0 Å². The second kappa shape index (κ2) is 13.0. The molecule has 0 unspecified atom stereocenters. The van der Waals surface area contributed by atoms with Gasteiger partial charge in [-0.05, 0) is 30.5 Å². The molecule has 0 bridgehead atoms. The zero-order chi connectivity index (χ0) is 21.8. The van der Waals surface area contributed by atoms with Crippen LogP contribution < -0.4 is 4.74 Å². The maximum atomic E-state index is 11.7. The number of rotatable bonds is 15. The Balaban J connectivity index is 1.81. The SMILES string of the molecule is CCCCCCCCCCCCCCc1cccc2c(S(=O)(=O)O)ccc(OC)c12. The van der Waals surface area contributed by atoms with Crippen LogP contribution >= 0.6 is 0 Å². The summed E-state index contributed by atoms with van der Waals surface area (Å²) in [7, 11) is -2.69. The molecule has 4 nitrogen and oxygen atoms in total. The first-order chi connectivity index (χ1) is 14.5. The van der Waals surface area contributed by atoms with E-state index in [-0.39, 0.29) is 4.90 Å². The molecule has 1 N–H and O–H groups in total. The summed E-state index contributed by atoms with van der Waals surface area (Å²) in [5.74, 6) is 0.645. The third-order valence-corrected chi connectivity index (χ3v) is 6.76. The molecule has 30 heavy (non-hydrogen) atoms. The Bertz CT molecular complexity index is 874. The van der Waals surface area contributed by atoms with Gasteiger partial charge in [0.2, 0.25) is 0 Å². The molecule has 2 aromatic rings. The molecule has 0 aliphatic rings. The Kier molecular flexibility index (Phi) is 10.7. The fraction of sp³-hybridized carbons (Fsp3) is 0.600. The normalized spacial score (nSPS) is 11.8. The van der Waals surface area contributed by atoms with E-state index in [2.05, 4.69) is 6.92 Å². The Hall–Kier alpha value is -1.59. The van der Waals surface area contributed by atoms with E-state index in [1.165, 1.54) is 76.7 Å². The van der Waals surface area contributed by atoms with Crippen molar-refractivity contribution in [2.45, 2.75) is 95.3 Å². The van der Waals surface area contributed by atoms with Crippen LogP contribution in [0.2, 0.25) is 0 Å². The smallest absolute Gasteiger partial charge is 0.295 e. The van der Waals surface area contributed by atoms with E-state index in [0.717, 1.165) is 23.8 Å². The van der Waals surface area contributed by atoms with Crippen LogP contribution in [0, 0.1) is 0 Å². The highest BCUT2D eigenvalue weighted by atomic mass is 32.2. The summed E-state index contributed by atoms with van der Waals surface area (Å²) in [5.41, 5.74) is 1.07. The van der Waals surface area contributed by atoms with Gasteiger partial charge in [-0.2, -0.15) is 8.42 Å². The summed E-state index contributed by atoms with van der Waals surface area (Å²) >= 11 is 0. The molecular formula is C25H38O4S. The molecule has 0 aliphatic carbocycles. The van der Waals surface area contributed by atoms with Gasteiger partial charge in [0.05, 0.1) is 7.11 Å². The van der Waals surface area contributed by atoms with Gasteiger partial charge >= 0.3 is 0 Å². The highest BCUT2D eigenvalue weighted by Crippen LogP contribution is 2.34. The van der Waals surface area contributed by atoms with Crippen LogP contribution in [-0.2, 0) is 16.5 Å².